The van der Waals surface area contributed by atoms with Crippen LogP contribution >= 0.6 is 0 Å². The summed E-state index contributed by atoms with van der Waals surface area (Å²) in [6, 6.07) is 9.55. The summed E-state index contributed by atoms with van der Waals surface area (Å²) >= 11 is 0. The Labute approximate surface area is 220 Å². The van der Waals surface area contributed by atoms with Gasteiger partial charge in [-0.15, -0.1) is 6.58 Å². The predicted octanol–water partition coefficient (Wildman–Crippen LogP) is 5.82. The number of carbonyl (C=O) groups is 1. The lowest BCUT2D eigenvalue weighted by atomic mass is 10.3. The van der Waals surface area contributed by atoms with Crippen LogP contribution in [0.15, 0.2) is 112 Å². The summed E-state index contributed by atoms with van der Waals surface area (Å²) in [5, 5.41) is 2.36. The molecule has 0 aliphatic heterocycles. The lowest BCUT2D eigenvalue weighted by Gasteiger charge is -2.01. The first-order valence-electron chi connectivity index (χ1n) is 11.4. The quantitative estimate of drug-likeness (QED) is 0.289. The van der Waals surface area contributed by atoms with Gasteiger partial charge in [-0.05, 0) is 69.5 Å². The largest absolute Gasteiger partial charge is 0.356 e. The summed E-state index contributed by atoms with van der Waals surface area (Å²) in [6.45, 7) is 20.5. The Morgan fingerprint density at radius 1 is 1.00 bits per heavy atom. The zero-order valence-corrected chi connectivity index (χ0v) is 22.9. The molecule has 0 fully saturated rings. The molecule has 6 heteroatoms. The normalized spacial score (nSPS) is 8.19. The first-order valence-corrected chi connectivity index (χ1v) is 11.4. The van der Waals surface area contributed by atoms with Gasteiger partial charge in [-0.25, -0.2) is 0 Å². The van der Waals surface area contributed by atoms with Crippen LogP contribution in [0.2, 0.25) is 0 Å². The Kier molecular flexibility index (Phi) is 39.0. The van der Waals surface area contributed by atoms with Crippen molar-refractivity contribution in [1.29, 1.82) is 0 Å². The molecule has 0 saturated heterocycles. The van der Waals surface area contributed by atoms with Crippen molar-refractivity contribution < 1.29 is 4.79 Å². The standard InChI is InChI=1S/2C7H7N.C6H10.C5H11N.C4H7NO.CH5N/c1-2-7-3-5-8-6-4-7;1-2-7-5-3-4-6-8-7;1-3-5-6-4-2;1-4-5-6(2)3;1-3-4(6)5-2;1-2/h2*2-6H,1H2;3,5-6H,1,4H2,2H3;4H,1,5H2,2-3H3;3H,1H2,2H3,(H,5,6);2H2,1H3. The minimum Gasteiger partial charge on any atom is -0.356 e. The van der Waals surface area contributed by atoms with Crippen molar-refractivity contribution >= 4 is 18.1 Å². The SMILES string of the molecule is C=CC(=O)NC.C=CC=CCC.C=CCN(C)C.C=Cc1ccccn1.C=Cc1ccncc1.CN. The summed E-state index contributed by atoms with van der Waals surface area (Å²) in [5.74, 6) is -0.144. The molecule has 2 aromatic rings. The van der Waals surface area contributed by atoms with Crippen molar-refractivity contribution in [3.05, 3.63) is 123 Å². The lowest BCUT2D eigenvalue weighted by Crippen LogP contribution is -2.13. The van der Waals surface area contributed by atoms with Crippen molar-refractivity contribution in [2.75, 3.05) is 34.7 Å². The average molecular weight is 494 g/mol. The van der Waals surface area contributed by atoms with Gasteiger partial charge in [0.25, 0.3) is 0 Å². The van der Waals surface area contributed by atoms with Gasteiger partial charge < -0.3 is 16.0 Å². The number of nitrogens with zero attached hydrogens (tertiary/aromatic N) is 3. The second-order valence-electron chi connectivity index (χ2n) is 6.38. The van der Waals surface area contributed by atoms with Gasteiger partial charge in [0.2, 0.25) is 5.91 Å². The maximum absolute atomic E-state index is 9.95. The van der Waals surface area contributed by atoms with Gasteiger partial charge >= 0.3 is 0 Å². The number of nitrogens with one attached hydrogen (secondary N) is 1. The molecule has 0 spiro atoms. The number of hydrogen-bond acceptors (Lipinski definition) is 5. The molecular weight excluding hydrogens is 446 g/mol. The molecule has 0 aromatic carbocycles. The first-order chi connectivity index (χ1) is 17.4. The van der Waals surface area contributed by atoms with Crippen molar-refractivity contribution in [3.8, 4) is 0 Å². The molecule has 2 heterocycles. The van der Waals surface area contributed by atoms with Gasteiger partial charge in [0, 0.05) is 32.2 Å². The van der Waals surface area contributed by atoms with Crippen LogP contribution in [0.25, 0.3) is 12.2 Å². The average Bonchev–Trinajstić information content (AvgIpc) is 2.94. The summed E-state index contributed by atoms with van der Waals surface area (Å²) < 4.78 is 0. The highest BCUT2D eigenvalue weighted by atomic mass is 16.1. The van der Waals surface area contributed by atoms with E-state index in [0.717, 1.165) is 24.2 Å². The molecule has 36 heavy (non-hydrogen) atoms. The summed E-state index contributed by atoms with van der Waals surface area (Å²) in [4.78, 5) is 19.8. The fourth-order valence-corrected chi connectivity index (χ4v) is 1.59. The Morgan fingerprint density at radius 2 is 1.61 bits per heavy atom. The number of nitrogens with two attached hydrogens (primary N) is 1. The van der Waals surface area contributed by atoms with Crippen molar-refractivity contribution in [2.45, 2.75) is 13.3 Å². The van der Waals surface area contributed by atoms with Gasteiger partial charge in [0.15, 0.2) is 0 Å². The number of aromatic nitrogens is 2. The summed E-state index contributed by atoms with van der Waals surface area (Å²) in [5.41, 5.74) is 6.53. The monoisotopic (exact) mass is 493 g/mol. The van der Waals surface area contributed by atoms with E-state index in [1.54, 1.807) is 43.9 Å². The van der Waals surface area contributed by atoms with Crippen LogP contribution in [-0.2, 0) is 4.79 Å². The molecular formula is C30H47N5O. The van der Waals surface area contributed by atoms with Gasteiger partial charge in [-0.3, -0.25) is 14.8 Å². The molecule has 0 radical (unpaired) electrons. The predicted molar refractivity (Wildman–Crippen MR) is 161 cm³/mol. The maximum Gasteiger partial charge on any atom is 0.243 e. The van der Waals surface area contributed by atoms with Crippen LogP contribution in [0.4, 0.5) is 0 Å². The van der Waals surface area contributed by atoms with E-state index in [9.17, 15) is 4.79 Å². The number of hydrogen-bond donors (Lipinski definition) is 2. The number of pyridine rings is 2. The number of amides is 1. The molecule has 0 atom stereocenters. The molecule has 3 N–H and O–H groups in total. The minimum absolute atomic E-state index is 0.144. The van der Waals surface area contributed by atoms with E-state index in [1.807, 2.05) is 56.6 Å². The minimum atomic E-state index is -0.144. The van der Waals surface area contributed by atoms with E-state index < -0.39 is 0 Å². The van der Waals surface area contributed by atoms with Crippen molar-refractivity contribution in [1.82, 2.24) is 20.2 Å². The van der Waals surface area contributed by atoms with Crippen LogP contribution in [0.1, 0.15) is 24.6 Å². The van der Waals surface area contributed by atoms with E-state index in [4.69, 9.17) is 0 Å². The molecule has 6 nitrogen and oxygen atoms in total. The molecule has 0 aliphatic rings. The van der Waals surface area contributed by atoms with Gasteiger partial charge in [-0.2, -0.15) is 0 Å². The van der Waals surface area contributed by atoms with Crippen molar-refractivity contribution in [2.24, 2.45) is 5.73 Å². The van der Waals surface area contributed by atoms with Gasteiger partial charge in [0.05, 0.1) is 5.69 Å². The second kappa shape index (κ2) is 35.7. The Bertz CT molecular complexity index is 757. The van der Waals surface area contributed by atoms with E-state index in [1.165, 1.54) is 13.1 Å². The van der Waals surface area contributed by atoms with Gasteiger partial charge in [0.1, 0.15) is 0 Å². The summed E-state index contributed by atoms with van der Waals surface area (Å²) in [7, 11) is 7.09. The molecule has 2 rings (SSSR count). The zero-order chi connectivity index (χ0) is 28.5. The van der Waals surface area contributed by atoms with E-state index in [2.05, 4.69) is 71.8 Å². The zero-order valence-electron chi connectivity index (χ0n) is 22.9. The Balaban J connectivity index is -0.000000176. The van der Waals surface area contributed by atoms with Crippen molar-refractivity contribution in [3.63, 3.8) is 0 Å². The molecule has 198 valence electrons. The van der Waals surface area contributed by atoms with Crippen LogP contribution < -0.4 is 11.1 Å². The number of allylic oxidation sites excluding steroid dienone is 3. The highest BCUT2D eigenvalue weighted by molar-refractivity contribution is 5.86. The topological polar surface area (TPSA) is 84.1 Å². The molecule has 0 saturated carbocycles. The van der Waals surface area contributed by atoms with E-state index >= 15 is 0 Å². The maximum atomic E-state index is 9.95. The molecule has 1 amide bonds. The van der Waals surface area contributed by atoms with Crippen LogP contribution in [-0.4, -0.2) is 55.5 Å². The smallest absolute Gasteiger partial charge is 0.243 e. The lowest BCUT2D eigenvalue weighted by molar-refractivity contribution is -0.116. The number of likely N-dealkylation sites (N-methyl/N-ethyl adjacent to an activating group) is 2. The van der Waals surface area contributed by atoms with Gasteiger partial charge in [-0.1, -0.05) is 69.7 Å². The molecule has 0 bridgehead atoms. The molecule has 0 unspecified atom stereocenters. The fraction of sp³-hybridized carbons (Fsp3) is 0.233. The Hall–Kier alpha value is -3.87. The number of carbonyl (C=O) groups excluding carboxylic acids is 1. The number of rotatable bonds is 7. The third-order valence-corrected chi connectivity index (χ3v) is 3.27. The summed E-state index contributed by atoms with van der Waals surface area (Å²) in [6.07, 6.45) is 18.7. The molecule has 0 aliphatic carbocycles. The Morgan fingerprint density at radius 3 is 1.81 bits per heavy atom. The van der Waals surface area contributed by atoms with Crippen LogP contribution in [0, 0.1) is 0 Å². The second-order valence-corrected chi connectivity index (χ2v) is 6.38. The van der Waals surface area contributed by atoms with E-state index in [-0.39, 0.29) is 5.91 Å². The molecule has 2 aromatic heterocycles. The van der Waals surface area contributed by atoms with Crippen LogP contribution in [0.3, 0.4) is 0 Å². The highest BCUT2D eigenvalue weighted by Gasteiger charge is 1.79. The fourth-order valence-electron chi connectivity index (χ4n) is 1.59. The first kappa shape index (κ1) is 39.3. The highest BCUT2D eigenvalue weighted by Crippen LogP contribution is 1.95. The van der Waals surface area contributed by atoms with E-state index in [0.29, 0.717) is 0 Å². The third kappa shape index (κ3) is 37.4. The third-order valence-electron chi connectivity index (χ3n) is 3.27. The van der Waals surface area contributed by atoms with Crippen LogP contribution in [0.5, 0.6) is 0 Å².